The summed E-state index contributed by atoms with van der Waals surface area (Å²) in [6.07, 6.45) is 71.5. The van der Waals surface area contributed by atoms with Crippen LogP contribution in [-0.4, -0.2) is 144 Å². The van der Waals surface area contributed by atoms with E-state index in [1.807, 2.05) is 18.2 Å². The predicted octanol–water partition coefficient (Wildman–Crippen LogP) is 16.7. The molecule has 668 valence electrons. The number of alkyl halides is 6. The number of hydrogen-bond donors (Lipinski definition) is 6. The molecule has 0 unspecified atom stereocenters. The van der Waals surface area contributed by atoms with E-state index in [4.69, 9.17) is 124 Å². The van der Waals surface area contributed by atoms with Crippen LogP contribution in [0.25, 0.3) is 0 Å². The van der Waals surface area contributed by atoms with Crippen LogP contribution in [0, 0.1) is 0 Å². The highest BCUT2D eigenvalue weighted by atomic mass is 35.6. The van der Waals surface area contributed by atoms with E-state index < -0.39 is 74.4 Å². The molecule has 8 atom stereocenters. The minimum Gasteiger partial charge on any atom is -0.463 e. The molecule has 4 aromatic heterocycles. The van der Waals surface area contributed by atoms with Gasteiger partial charge in [0.2, 0.25) is 7.59 Å². The second-order valence-electron chi connectivity index (χ2n) is 27.5. The molecule has 2 amide bonds. The van der Waals surface area contributed by atoms with Crippen LogP contribution in [0.1, 0.15) is 193 Å². The lowest BCUT2D eigenvalue weighted by atomic mass is 10.2. The Morgan fingerprint density at radius 1 is 0.393 bits per heavy atom. The first-order valence-corrected chi connectivity index (χ1v) is 42.9. The molecule has 30 nitrogen and oxygen atoms in total. The molecule has 4 aromatic rings. The number of nitrogen functional groups attached to an aromatic ring is 2. The molecular formula is C86H114Cl6N12O18. The molecule has 0 radical (unpaired) electrons. The molecule has 0 aromatic carbocycles. The summed E-state index contributed by atoms with van der Waals surface area (Å²) in [5.74, 6) is -0.191. The average Bonchev–Trinajstić information content (AvgIpc) is 1.56. The van der Waals surface area contributed by atoms with E-state index in [0.29, 0.717) is 64.2 Å². The number of esters is 2. The second-order valence-corrected chi connectivity index (χ2v) is 32.6. The maximum atomic E-state index is 12.5. The zero-order chi connectivity index (χ0) is 88.6. The molecule has 36 heteroatoms. The van der Waals surface area contributed by atoms with E-state index in [0.717, 1.165) is 83.5 Å². The highest BCUT2D eigenvalue weighted by Gasteiger charge is 2.32. The zero-order valence-corrected chi connectivity index (χ0v) is 73.3. The molecule has 4 aliphatic heterocycles. The summed E-state index contributed by atoms with van der Waals surface area (Å²) in [5, 5.41) is 22.5. The lowest BCUT2D eigenvalue weighted by molar-refractivity contribution is -0.149. The van der Waals surface area contributed by atoms with Crippen molar-refractivity contribution in [1.82, 2.24) is 38.2 Å². The Labute approximate surface area is 741 Å². The van der Waals surface area contributed by atoms with Crippen molar-refractivity contribution >= 4 is 117 Å². The lowest BCUT2D eigenvalue weighted by Crippen LogP contribution is -2.29. The van der Waals surface area contributed by atoms with Crippen molar-refractivity contribution in [3.63, 3.8) is 0 Å². The molecule has 8 N–H and O–H groups in total. The van der Waals surface area contributed by atoms with Crippen molar-refractivity contribution in [3.05, 3.63) is 237 Å². The maximum Gasteiger partial charge on any atom is 0.412 e. The molecular weight excluding hydrogens is 1700 g/mol. The fraction of sp³-hybridized carbons (Fsp3) is 0.488. The van der Waals surface area contributed by atoms with E-state index in [1.54, 1.807) is 24.5 Å². The van der Waals surface area contributed by atoms with Gasteiger partial charge in [-0.25, -0.2) is 28.8 Å². The van der Waals surface area contributed by atoms with Crippen LogP contribution < -0.4 is 44.9 Å². The molecule has 8 heterocycles. The summed E-state index contributed by atoms with van der Waals surface area (Å²) in [6.45, 7) is 3.55. The van der Waals surface area contributed by atoms with Crippen LogP contribution >= 0.6 is 69.6 Å². The minimum atomic E-state index is -1.76. The topological polar surface area (TPSA) is 398 Å². The first-order chi connectivity index (χ1) is 58.8. The van der Waals surface area contributed by atoms with Gasteiger partial charge < -0.3 is 59.6 Å². The summed E-state index contributed by atoms with van der Waals surface area (Å²) in [4.78, 5) is 110. The predicted molar refractivity (Wildman–Crippen MR) is 477 cm³/mol. The van der Waals surface area contributed by atoms with Crippen molar-refractivity contribution in [2.75, 3.05) is 61.7 Å². The highest BCUT2D eigenvalue weighted by Crippen LogP contribution is 2.32. The van der Waals surface area contributed by atoms with Crippen molar-refractivity contribution in [2.45, 2.75) is 225 Å². The lowest BCUT2D eigenvalue weighted by Gasteiger charge is -2.16. The van der Waals surface area contributed by atoms with Crippen LogP contribution in [0.5, 0.6) is 0 Å². The molecule has 4 fully saturated rings. The number of carbonyl (C=O) groups excluding carboxylic acids is 4. The minimum absolute atomic E-state index is 0.00253. The first kappa shape index (κ1) is 104. The molecule has 0 spiro atoms. The SMILES string of the molecule is CC/C=C\C/C=C\C/C=C\C/C=C\C/C=C\C/C=C\CCC(=O)OC[C@@H]1CC[C@H](n2ccc(N)nc2=O)O1.CC/C=C\C/C=C\C/C=C\C/C=C\C/C=C\C/C=C\CCC(=O)OC[C@@H]1CC[C@H](n2ccc(NC(=O)OCC(Cl)(Cl)Cl)nc2=O)O1.Nc1ccn([C@H]2CC[C@@H](CO)O2)c(=O)n1.O=C(Nc1ccn([C@H]2CC[C@@H](CO)O2)c(=O)n1)OCC(Cl)(Cl)Cl. The van der Waals surface area contributed by atoms with Crippen LogP contribution in [0.2, 0.25) is 0 Å². The summed E-state index contributed by atoms with van der Waals surface area (Å²) < 4.78 is 44.7. The average molecular weight is 1820 g/mol. The van der Waals surface area contributed by atoms with Gasteiger partial charge in [0.15, 0.2) is 0 Å². The summed E-state index contributed by atoms with van der Waals surface area (Å²) in [6, 6.07) is 5.95. The standard InChI is InChI=1S/C34H44Cl3N3O6.C31H43N3O4.C12H14Cl3N3O5.C9H13N3O3/c1-2-3-4-5-6-7-8-9-10-11-12-13-14-15-16-17-18-19-20-21-31(41)44-26-28-22-23-30(46-28)40-25-24-29(38-32(40)42)39-33(43)45-27-34(35,36)37;1-2-3-4-5-6-7-8-9-10-11-12-13-14-15-16-17-18-19-20-21-30(35)37-26-27-22-23-29(38-27)34-25-24-28(32)33-31(34)36;13-12(14,15)6-22-11(21)17-8-3-4-18(10(20)16-8)9-2-1-7(5-19)23-9;10-7-3-4-12(9(14)11-7)8-2-1-6(5-13)15-8/h3-4,6-7,9-10,12-13,15-16,18-19,24-25,28,30H,2,5,8,11,14,17,20-23,26-27H2,1H3,(H,38,39,42,43);3-4,6-7,9-10,12-13,15-16,18-19,24-25,27,29H,2,5,8,11,14,17,20-23,26H2,1H3,(H2,32,33,36);3-4,7,9,19H,1-2,5-6H2,(H,16,17,20,21);3-4,6,8,13H,1-2,5H2,(H2,10,11,14)/b2*4-3-,7-6-,10-9-,13-12-,16-15-,19-18-;;/t28-,30+;27-,29+;7-,9+;6-,8+/m0000/s1. The van der Waals surface area contributed by atoms with Crippen LogP contribution in [0.15, 0.2) is 214 Å². The normalized spacial score (nSPS) is 19.5. The number of hydrogen-bond acceptors (Lipinski definition) is 24. The first-order valence-electron chi connectivity index (χ1n) is 40.6. The highest BCUT2D eigenvalue weighted by molar-refractivity contribution is 6.68. The summed E-state index contributed by atoms with van der Waals surface area (Å²) in [5.41, 5.74) is 8.81. The monoisotopic (exact) mass is 1810 g/mol. The van der Waals surface area contributed by atoms with Crippen molar-refractivity contribution in [1.29, 1.82) is 0 Å². The van der Waals surface area contributed by atoms with Crippen LogP contribution in [0.3, 0.4) is 0 Å². The fourth-order valence-electron chi connectivity index (χ4n) is 11.5. The maximum absolute atomic E-state index is 12.5. The fourth-order valence-corrected chi connectivity index (χ4v) is 11.9. The van der Waals surface area contributed by atoms with E-state index in [9.17, 15) is 38.4 Å². The number of aliphatic hydroxyl groups excluding tert-OH is 2. The van der Waals surface area contributed by atoms with E-state index in [2.05, 4.69) is 177 Å². The quantitative estimate of drug-likeness (QED) is 0.0104. The molecule has 0 saturated carbocycles. The van der Waals surface area contributed by atoms with E-state index in [1.165, 1.54) is 42.8 Å². The molecule has 122 heavy (non-hydrogen) atoms. The number of amides is 2. The number of nitrogens with two attached hydrogens (primary N) is 2. The number of aliphatic hydroxyl groups is 2. The summed E-state index contributed by atoms with van der Waals surface area (Å²) >= 11 is 33.0. The van der Waals surface area contributed by atoms with Gasteiger partial charge in [-0.05, 0) is 166 Å². The summed E-state index contributed by atoms with van der Waals surface area (Å²) in [7, 11) is 0. The Morgan fingerprint density at radius 3 is 0.902 bits per heavy atom. The molecule has 4 saturated heterocycles. The van der Waals surface area contributed by atoms with Gasteiger partial charge in [0.25, 0.3) is 0 Å². The van der Waals surface area contributed by atoms with Crippen LogP contribution in [0.4, 0.5) is 32.9 Å². The zero-order valence-electron chi connectivity index (χ0n) is 68.7. The van der Waals surface area contributed by atoms with E-state index in [-0.39, 0.29) is 98.7 Å². The van der Waals surface area contributed by atoms with Gasteiger partial charge in [0.1, 0.15) is 74.6 Å². The van der Waals surface area contributed by atoms with Gasteiger partial charge in [-0.1, -0.05) is 229 Å². The van der Waals surface area contributed by atoms with E-state index >= 15 is 0 Å². The number of nitrogens with one attached hydrogen (secondary N) is 2. The Morgan fingerprint density at radius 2 is 0.648 bits per heavy atom. The largest absolute Gasteiger partial charge is 0.463 e. The molecule has 8 rings (SSSR count). The van der Waals surface area contributed by atoms with Gasteiger partial charge in [0, 0.05) is 37.6 Å². The van der Waals surface area contributed by atoms with Gasteiger partial charge in [0.05, 0.1) is 37.6 Å². The van der Waals surface area contributed by atoms with Gasteiger partial charge in [-0.3, -0.25) is 38.5 Å². The molecule has 0 bridgehead atoms. The van der Waals surface area contributed by atoms with Gasteiger partial charge in [-0.15, -0.1) is 0 Å². The number of anilines is 4. The van der Waals surface area contributed by atoms with Crippen LogP contribution in [-0.2, 0) is 47.5 Å². The number of halogens is 6. The Hall–Kier alpha value is -9.02. The van der Waals surface area contributed by atoms with Gasteiger partial charge in [-0.2, -0.15) is 19.9 Å². The van der Waals surface area contributed by atoms with Crippen molar-refractivity contribution in [3.8, 4) is 0 Å². The number of nitrogens with zero attached hydrogens (tertiary/aromatic N) is 8. The Bertz CT molecular complexity index is 4430. The number of carbonyl (C=O) groups is 4. The third-order valence-corrected chi connectivity index (χ3v) is 18.3. The third kappa shape index (κ3) is 45.9. The van der Waals surface area contributed by atoms with Crippen molar-refractivity contribution < 1.29 is 67.3 Å². The second kappa shape index (κ2) is 60.5. The number of allylic oxidation sites excluding steroid dienone is 24. The molecule has 0 aliphatic carbocycles. The Kier molecular flexibility index (Phi) is 51.3. The molecule has 4 aliphatic rings. The number of rotatable bonds is 42. The number of ether oxygens (including phenoxy) is 8. The van der Waals surface area contributed by atoms with Gasteiger partial charge >= 0.3 is 46.9 Å². The smallest absolute Gasteiger partial charge is 0.412 e. The van der Waals surface area contributed by atoms with Crippen molar-refractivity contribution in [2.24, 2.45) is 0 Å². The number of aromatic nitrogens is 8. The third-order valence-electron chi connectivity index (χ3n) is 17.6. The Balaban J connectivity index is 0.000000310.